The number of halogens is 1. The van der Waals surface area contributed by atoms with E-state index in [-0.39, 0.29) is 46.5 Å². The SMILES string of the molecule is C[C@@H]1Oc2cc(S(=O)(=O)N3CCN(C(=O)C4CCC4)CC3)c(Cl)cc2NC1=O. The van der Waals surface area contributed by atoms with Crippen molar-refractivity contribution in [1.82, 2.24) is 9.21 Å². The van der Waals surface area contributed by atoms with Crippen LogP contribution < -0.4 is 10.1 Å². The lowest BCUT2D eigenvalue weighted by Crippen LogP contribution is -2.52. The lowest BCUT2D eigenvalue weighted by Gasteiger charge is -2.37. The van der Waals surface area contributed by atoms with E-state index in [1.807, 2.05) is 0 Å². The van der Waals surface area contributed by atoms with Crippen molar-refractivity contribution in [3.8, 4) is 5.75 Å². The lowest BCUT2D eigenvalue weighted by atomic mass is 9.84. The minimum Gasteiger partial charge on any atom is -0.479 e. The van der Waals surface area contributed by atoms with Crippen LogP contribution in [0.25, 0.3) is 0 Å². The fourth-order valence-corrected chi connectivity index (χ4v) is 5.55. The van der Waals surface area contributed by atoms with Crippen LogP contribution in [0.3, 0.4) is 0 Å². The molecule has 1 saturated heterocycles. The Morgan fingerprint density at radius 2 is 1.89 bits per heavy atom. The van der Waals surface area contributed by atoms with Crippen LogP contribution in [0.4, 0.5) is 5.69 Å². The molecule has 4 rings (SSSR count). The predicted octanol–water partition coefficient (Wildman–Crippen LogP) is 1.69. The summed E-state index contributed by atoms with van der Waals surface area (Å²) in [6, 6.07) is 2.75. The second-order valence-corrected chi connectivity index (χ2v) is 9.70. The molecule has 0 radical (unpaired) electrons. The molecule has 2 fully saturated rings. The quantitative estimate of drug-likeness (QED) is 0.791. The summed E-state index contributed by atoms with van der Waals surface area (Å²) in [5, 5.41) is 2.67. The highest BCUT2D eigenvalue weighted by atomic mass is 35.5. The van der Waals surface area contributed by atoms with E-state index in [9.17, 15) is 18.0 Å². The summed E-state index contributed by atoms with van der Waals surface area (Å²) in [5.41, 5.74) is 0.350. The number of piperazine rings is 1. The van der Waals surface area contributed by atoms with E-state index in [1.165, 1.54) is 16.4 Å². The predicted molar refractivity (Wildman–Crippen MR) is 103 cm³/mol. The van der Waals surface area contributed by atoms with Gasteiger partial charge in [-0.3, -0.25) is 9.59 Å². The number of hydrogen-bond donors (Lipinski definition) is 1. The standard InChI is InChI=1S/C18H22ClN3O5S/c1-11-17(23)20-14-9-13(19)16(10-15(14)27-11)28(25,26)22-7-5-21(6-8-22)18(24)12-3-2-4-12/h9-12H,2-8H2,1H3,(H,20,23)/t11-/m0/s1. The summed E-state index contributed by atoms with van der Waals surface area (Å²) in [4.78, 5) is 25.8. The van der Waals surface area contributed by atoms with E-state index in [2.05, 4.69) is 5.32 Å². The van der Waals surface area contributed by atoms with Crippen LogP contribution in [-0.4, -0.2) is 61.7 Å². The maximum atomic E-state index is 13.1. The largest absolute Gasteiger partial charge is 0.479 e. The second-order valence-electron chi connectivity index (χ2n) is 7.39. The number of carbonyl (C=O) groups is 2. The summed E-state index contributed by atoms with van der Waals surface area (Å²) in [7, 11) is -3.85. The number of hydrogen-bond acceptors (Lipinski definition) is 5. The second kappa shape index (κ2) is 7.20. The van der Waals surface area contributed by atoms with Gasteiger partial charge >= 0.3 is 0 Å². The molecule has 0 aromatic heterocycles. The molecule has 1 aromatic carbocycles. The Morgan fingerprint density at radius 1 is 1.21 bits per heavy atom. The first kappa shape index (κ1) is 19.5. The molecule has 0 bridgehead atoms. The van der Waals surface area contributed by atoms with Crippen molar-refractivity contribution < 1.29 is 22.7 Å². The average molecular weight is 428 g/mol. The minimum absolute atomic E-state index is 0.0187. The molecule has 3 aliphatic rings. The molecule has 2 aliphatic heterocycles. The summed E-state index contributed by atoms with van der Waals surface area (Å²) in [6.45, 7) is 2.78. The molecule has 10 heteroatoms. The number of carbonyl (C=O) groups excluding carboxylic acids is 2. The maximum absolute atomic E-state index is 13.1. The third-order valence-electron chi connectivity index (χ3n) is 5.59. The zero-order chi connectivity index (χ0) is 20.1. The normalized spacial score (nSPS) is 23.4. The number of anilines is 1. The van der Waals surface area contributed by atoms with Gasteiger partial charge in [0.25, 0.3) is 5.91 Å². The van der Waals surface area contributed by atoms with Crippen LogP contribution >= 0.6 is 11.6 Å². The van der Waals surface area contributed by atoms with Crippen molar-refractivity contribution in [3.05, 3.63) is 17.2 Å². The Bertz CT molecular complexity index is 923. The number of nitrogens with zero attached hydrogens (tertiary/aromatic N) is 2. The Kier molecular flexibility index (Phi) is 5.01. The Morgan fingerprint density at radius 3 is 2.50 bits per heavy atom. The third kappa shape index (κ3) is 3.35. The van der Waals surface area contributed by atoms with E-state index >= 15 is 0 Å². The van der Waals surface area contributed by atoms with E-state index in [0.29, 0.717) is 18.8 Å². The van der Waals surface area contributed by atoms with Gasteiger partial charge < -0.3 is 15.0 Å². The first-order valence-corrected chi connectivity index (χ1v) is 11.2. The molecule has 0 unspecified atom stereocenters. The van der Waals surface area contributed by atoms with Crippen molar-refractivity contribution in [3.63, 3.8) is 0 Å². The van der Waals surface area contributed by atoms with E-state index in [4.69, 9.17) is 16.3 Å². The number of ether oxygens (including phenoxy) is 1. The third-order valence-corrected chi connectivity index (χ3v) is 7.95. The van der Waals surface area contributed by atoms with Gasteiger partial charge in [0.05, 0.1) is 10.7 Å². The van der Waals surface area contributed by atoms with Gasteiger partial charge in [0.2, 0.25) is 15.9 Å². The van der Waals surface area contributed by atoms with Crippen LogP contribution in [0.15, 0.2) is 17.0 Å². The van der Waals surface area contributed by atoms with E-state index in [0.717, 1.165) is 19.3 Å². The fourth-order valence-electron chi connectivity index (χ4n) is 3.61. The minimum atomic E-state index is -3.85. The molecule has 1 N–H and O–H groups in total. The molecule has 0 spiro atoms. The van der Waals surface area contributed by atoms with Gasteiger partial charge in [0, 0.05) is 38.2 Å². The number of benzene rings is 1. The van der Waals surface area contributed by atoms with Crippen LogP contribution in [0.5, 0.6) is 5.75 Å². The lowest BCUT2D eigenvalue weighted by molar-refractivity contribution is -0.139. The van der Waals surface area contributed by atoms with Gasteiger partial charge in [-0.25, -0.2) is 8.42 Å². The molecule has 152 valence electrons. The first-order chi connectivity index (χ1) is 13.3. The molecule has 1 saturated carbocycles. The summed E-state index contributed by atoms with van der Waals surface area (Å²) in [6.07, 6.45) is 2.22. The Balaban J connectivity index is 1.52. The van der Waals surface area contributed by atoms with Crippen LogP contribution in [0, 0.1) is 5.92 Å². The van der Waals surface area contributed by atoms with Crippen molar-refractivity contribution >= 4 is 39.1 Å². The van der Waals surface area contributed by atoms with Crippen LogP contribution in [0.2, 0.25) is 5.02 Å². The topological polar surface area (TPSA) is 96.0 Å². The van der Waals surface area contributed by atoms with Crippen LogP contribution in [-0.2, 0) is 19.6 Å². The summed E-state index contributed by atoms with van der Waals surface area (Å²) in [5.74, 6) is 0.195. The molecular formula is C18H22ClN3O5S. The number of sulfonamides is 1. The molecule has 28 heavy (non-hydrogen) atoms. The van der Waals surface area contributed by atoms with Gasteiger partial charge in [-0.15, -0.1) is 0 Å². The zero-order valence-corrected chi connectivity index (χ0v) is 17.1. The molecule has 2 heterocycles. The van der Waals surface area contributed by atoms with E-state index < -0.39 is 16.1 Å². The fraction of sp³-hybridized carbons (Fsp3) is 0.556. The number of amides is 2. The van der Waals surface area contributed by atoms with E-state index in [1.54, 1.807) is 11.8 Å². The average Bonchev–Trinajstić information content (AvgIpc) is 2.61. The number of rotatable bonds is 3. The Hall–Kier alpha value is -1.84. The smallest absolute Gasteiger partial charge is 0.265 e. The molecular weight excluding hydrogens is 406 g/mol. The maximum Gasteiger partial charge on any atom is 0.265 e. The number of fused-ring (bicyclic) bond motifs is 1. The van der Waals surface area contributed by atoms with Crippen molar-refractivity contribution in [2.24, 2.45) is 5.92 Å². The molecule has 8 nitrogen and oxygen atoms in total. The number of nitrogens with one attached hydrogen (secondary N) is 1. The summed E-state index contributed by atoms with van der Waals surface area (Å²) < 4.78 is 33.1. The van der Waals surface area contributed by atoms with Crippen molar-refractivity contribution in [1.29, 1.82) is 0 Å². The zero-order valence-electron chi connectivity index (χ0n) is 15.5. The molecule has 1 aliphatic carbocycles. The first-order valence-electron chi connectivity index (χ1n) is 9.37. The molecule has 2 amide bonds. The van der Waals surface area contributed by atoms with Crippen LogP contribution in [0.1, 0.15) is 26.2 Å². The summed E-state index contributed by atoms with van der Waals surface area (Å²) >= 11 is 6.22. The van der Waals surface area contributed by atoms with Crippen molar-refractivity contribution in [2.45, 2.75) is 37.2 Å². The highest BCUT2D eigenvalue weighted by Gasteiger charge is 2.36. The van der Waals surface area contributed by atoms with Gasteiger partial charge in [-0.1, -0.05) is 18.0 Å². The van der Waals surface area contributed by atoms with Gasteiger partial charge in [-0.05, 0) is 25.8 Å². The highest BCUT2D eigenvalue weighted by Crippen LogP contribution is 2.38. The Labute approximate surface area is 168 Å². The molecule has 1 atom stereocenters. The van der Waals surface area contributed by atoms with Crippen molar-refractivity contribution in [2.75, 3.05) is 31.5 Å². The van der Waals surface area contributed by atoms with Gasteiger partial charge in [-0.2, -0.15) is 4.31 Å². The highest BCUT2D eigenvalue weighted by molar-refractivity contribution is 7.89. The van der Waals surface area contributed by atoms with Gasteiger partial charge in [0.15, 0.2) is 6.10 Å². The molecule has 1 aromatic rings. The van der Waals surface area contributed by atoms with Gasteiger partial charge in [0.1, 0.15) is 10.6 Å². The monoisotopic (exact) mass is 427 g/mol.